The first-order valence-corrected chi connectivity index (χ1v) is 10.2. The van der Waals surface area contributed by atoms with E-state index in [0.717, 1.165) is 12.0 Å². The van der Waals surface area contributed by atoms with Gasteiger partial charge >= 0.3 is 0 Å². The van der Waals surface area contributed by atoms with E-state index < -0.39 is 6.04 Å². The Kier molecular flexibility index (Phi) is 5.50. The molecule has 1 fully saturated rings. The van der Waals surface area contributed by atoms with Gasteiger partial charge in [0, 0.05) is 24.2 Å². The van der Waals surface area contributed by atoms with E-state index in [1.165, 1.54) is 17.4 Å². The molecule has 3 heterocycles. The quantitative estimate of drug-likeness (QED) is 0.769. The van der Waals surface area contributed by atoms with Crippen LogP contribution < -0.4 is 14.8 Å². The molecule has 146 valence electrons. The molecule has 2 aliphatic rings. The number of benzene rings is 1. The van der Waals surface area contributed by atoms with Gasteiger partial charge in [-0.1, -0.05) is 11.6 Å². The zero-order valence-corrected chi connectivity index (χ0v) is 16.5. The van der Waals surface area contributed by atoms with E-state index in [2.05, 4.69) is 10.3 Å². The van der Waals surface area contributed by atoms with E-state index in [4.69, 9.17) is 21.1 Å². The van der Waals surface area contributed by atoms with E-state index in [1.807, 2.05) is 0 Å². The van der Waals surface area contributed by atoms with Crippen molar-refractivity contribution in [3.05, 3.63) is 40.4 Å². The van der Waals surface area contributed by atoms with Crippen LogP contribution in [0, 0.1) is 0 Å². The smallest absolute Gasteiger partial charge is 0.248 e. The van der Waals surface area contributed by atoms with E-state index in [1.54, 1.807) is 34.7 Å². The third-order valence-corrected chi connectivity index (χ3v) is 5.51. The molecule has 0 radical (unpaired) electrons. The summed E-state index contributed by atoms with van der Waals surface area (Å²) >= 11 is 7.57. The first kappa shape index (κ1) is 18.8. The molecule has 1 saturated heterocycles. The maximum atomic E-state index is 12.7. The number of hydrogen-bond acceptors (Lipinski definition) is 6. The number of anilines is 1. The van der Waals surface area contributed by atoms with Gasteiger partial charge in [-0.2, -0.15) is 0 Å². The molecular formula is C19H18ClN3O4S. The minimum absolute atomic E-state index is 0.212. The lowest BCUT2D eigenvalue weighted by Gasteiger charge is -2.22. The number of nitrogens with one attached hydrogen (secondary N) is 1. The predicted molar refractivity (Wildman–Crippen MR) is 107 cm³/mol. The van der Waals surface area contributed by atoms with Crippen LogP contribution in [-0.2, 0) is 9.59 Å². The van der Waals surface area contributed by atoms with Crippen LogP contribution in [0.25, 0.3) is 6.08 Å². The van der Waals surface area contributed by atoms with Crippen molar-refractivity contribution in [1.29, 1.82) is 0 Å². The van der Waals surface area contributed by atoms with E-state index in [9.17, 15) is 9.59 Å². The molecule has 1 atom stereocenters. The lowest BCUT2D eigenvalue weighted by Crippen LogP contribution is -2.42. The van der Waals surface area contributed by atoms with Crippen molar-refractivity contribution in [3.63, 3.8) is 0 Å². The van der Waals surface area contributed by atoms with Crippen LogP contribution in [0.1, 0.15) is 18.4 Å². The summed E-state index contributed by atoms with van der Waals surface area (Å²) in [6.45, 7) is 1.46. The van der Waals surface area contributed by atoms with Crippen molar-refractivity contribution >= 4 is 46.0 Å². The number of carbonyl (C=O) groups excluding carboxylic acids is 2. The number of halogens is 1. The van der Waals surface area contributed by atoms with Gasteiger partial charge in [-0.05, 0) is 36.6 Å². The van der Waals surface area contributed by atoms with Crippen molar-refractivity contribution in [2.75, 3.05) is 25.1 Å². The zero-order chi connectivity index (χ0) is 19.5. The Morgan fingerprint density at radius 3 is 3.00 bits per heavy atom. The summed E-state index contributed by atoms with van der Waals surface area (Å²) in [4.78, 5) is 30.8. The van der Waals surface area contributed by atoms with E-state index in [-0.39, 0.29) is 11.8 Å². The molecule has 0 bridgehead atoms. The van der Waals surface area contributed by atoms with Gasteiger partial charge in [0.15, 0.2) is 16.6 Å². The van der Waals surface area contributed by atoms with Crippen LogP contribution in [0.5, 0.6) is 11.5 Å². The third kappa shape index (κ3) is 3.98. The number of hydrogen-bond donors (Lipinski definition) is 1. The maximum absolute atomic E-state index is 12.7. The number of aromatic nitrogens is 1. The Bertz CT molecular complexity index is 916. The summed E-state index contributed by atoms with van der Waals surface area (Å²) in [6, 6.07) is 3.00. The number of fused-ring (bicyclic) bond motifs is 1. The highest BCUT2D eigenvalue weighted by Gasteiger charge is 2.33. The molecule has 1 aromatic carbocycles. The topological polar surface area (TPSA) is 80.8 Å². The Labute approximate surface area is 170 Å². The molecule has 4 rings (SSSR count). The molecule has 0 aliphatic carbocycles. The minimum Gasteiger partial charge on any atom is -0.486 e. The highest BCUT2D eigenvalue weighted by molar-refractivity contribution is 7.13. The van der Waals surface area contributed by atoms with Gasteiger partial charge in [0.2, 0.25) is 11.8 Å². The van der Waals surface area contributed by atoms with Gasteiger partial charge in [0.05, 0.1) is 5.02 Å². The fraction of sp³-hybridized carbons (Fsp3) is 0.316. The van der Waals surface area contributed by atoms with Gasteiger partial charge in [-0.15, -0.1) is 11.3 Å². The minimum atomic E-state index is -0.495. The van der Waals surface area contributed by atoms with Gasteiger partial charge in [-0.3, -0.25) is 9.59 Å². The molecule has 1 aromatic heterocycles. The van der Waals surface area contributed by atoms with Gasteiger partial charge in [0.1, 0.15) is 19.3 Å². The molecule has 9 heteroatoms. The normalized spacial score (nSPS) is 18.5. The molecule has 2 aliphatic heterocycles. The first-order chi connectivity index (χ1) is 13.6. The van der Waals surface area contributed by atoms with Crippen LogP contribution in [-0.4, -0.2) is 47.5 Å². The second-order valence-electron chi connectivity index (χ2n) is 6.38. The SMILES string of the molecule is O=C(Nc1nccs1)C1CCCN1C(=O)C=Cc1cc(Cl)c2c(c1)OCCO2. The summed E-state index contributed by atoms with van der Waals surface area (Å²) in [5.74, 6) is 0.655. The second-order valence-corrected chi connectivity index (χ2v) is 7.68. The highest BCUT2D eigenvalue weighted by Crippen LogP contribution is 2.38. The Morgan fingerprint density at radius 2 is 2.18 bits per heavy atom. The molecule has 1 N–H and O–H groups in total. The first-order valence-electron chi connectivity index (χ1n) is 8.90. The predicted octanol–water partition coefficient (Wildman–Crippen LogP) is 3.21. The van der Waals surface area contributed by atoms with Crippen molar-refractivity contribution in [1.82, 2.24) is 9.88 Å². The lowest BCUT2D eigenvalue weighted by atomic mass is 10.1. The van der Waals surface area contributed by atoms with E-state index in [0.29, 0.717) is 47.8 Å². The number of thiazole rings is 1. The molecule has 0 saturated carbocycles. The number of likely N-dealkylation sites (tertiary alicyclic amines) is 1. The summed E-state index contributed by atoms with van der Waals surface area (Å²) in [7, 11) is 0. The molecule has 1 unspecified atom stereocenters. The highest BCUT2D eigenvalue weighted by atomic mass is 35.5. The average molecular weight is 420 g/mol. The summed E-state index contributed by atoms with van der Waals surface area (Å²) in [5, 5.41) is 5.52. The van der Waals surface area contributed by atoms with Crippen molar-refractivity contribution in [3.8, 4) is 11.5 Å². The van der Waals surface area contributed by atoms with Crippen LogP contribution in [0.3, 0.4) is 0 Å². The summed E-state index contributed by atoms with van der Waals surface area (Å²) in [6.07, 6.45) is 6.16. The Hall–Kier alpha value is -2.58. The fourth-order valence-electron chi connectivity index (χ4n) is 3.27. The molecule has 2 amide bonds. The number of carbonyl (C=O) groups is 2. The standard InChI is InChI=1S/C19H18ClN3O4S/c20-13-10-12(11-15-17(13)27-8-7-26-15)3-4-16(24)23-6-1-2-14(23)18(25)22-19-21-5-9-28-19/h3-5,9-11,14H,1-2,6-8H2,(H,21,22,25). The monoisotopic (exact) mass is 419 g/mol. The lowest BCUT2D eigenvalue weighted by molar-refractivity contribution is -0.132. The molecule has 7 nitrogen and oxygen atoms in total. The van der Waals surface area contributed by atoms with Gasteiger partial charge in [0.25, 0.3) is 0 Å². The third-order valence-electron chi connectivity index (χ3n) is 4.54. The number of amides is 2. The second kappa shape index (κ2) is 8.20. The fourth-order valence-corrected chi connectivity index (χ4v) is 4.07. The van der Waals surface area contributed by atoms with Crippen molar-refractivity contribution in [2.24, 2.45) is 0 Å². The maximum Gasteiger partial charge on any atom is 0.248 e. The van der Waals surface area contributed by atoms with Crippen molar-refractivity contribution < 1.29 is 19.1 Å². The van der Waals surface area contributed by atoms with Crippen LogP contribution in [0.2, 0.25) is 5.02 Å². The van der Waals surface area contributed by atoms with E-state index >= 15 is 0 Å². The average Bonchev–Trinajstić information content (AvgIpc) is 3.38. The van der Waals surface area contributed by atoms with Gasteiger partial charge < -0.3 is 19.7 Å². The van der Waals surface area contributed by atoms with Gasteiger partial charge in [-0.25, -0.2) is 4.98 Å². The number of rotatable bonds is 4. The molecule has 0 spiro atoms. The number of nitrogens with zero attached hydrogens (tertiary/aromatic N) is 2. The Morgan fingerprint density at radius 1 is 1.32 bits per heavy atom. The molecule has 2 aromatic rings. The Balaban J connectivity index is 1.45. The van der Waals surface area contributed by atoms with Crippen LogP contribution in [0.4, 0.5) is 5.13 Å². The summed E-state index contributed by atoms with van der Waals surface area (Å²) in [5.41, 5.74) is 0.727. The van der Waals surface area contributed by atoms with Crippen LogP contribution >= 0.6 is 22.9 Å². The largest absolute Gasteiger partial charge is 0.486 e. The van der Waals surface area contributed by atoms with Crippen molar-refractivity contribution in [2.45, 2.75) is 18.9 Å². The summed E-state index contributed by atoms with van der Waals surface area (Å²) < 4.78 is 11.0. The molecular weight excluding hydrogens is 402 g/mol. The zero-order valence-electron chi connectivity index (χ0n) is 14.9. The van der Waals surface area contributed by atoms with Crippen LogP contribution in [0.15, 0.2) is 29.8 Å². The number of ether oxygens (including phenoxy) is 2. The molecule has 28 heavy (non-hydrogen) atoms.